The second kappa shape index (κ2) is 6.60. The lowest BCUT2D eigenvalue weighted by atomic mass is 10.0. The van der Waals surface area contributed by atoms with Crippen LogP contribution in [0.15, 0.2) is 47.1 Å². The molecular formula is C17H18N2O3. The van der Waals surface area contributed by atoms with Crippen LogP contribution in [0.1, 0.15) is 34.9 Å². The minimum Gasteiger partial charge on any atom is -0.468 e. The Kier molecular flexibility index (Phi) is 4.37. The number of hydrogen-bond donors (Lipinski definition) is 3. The van der Waals surface area contributed by atoms with E-state index in [0.29, 0.717) is 6.04 Å². The average Bonchev–Trinajstić information content (AvgIpc) is 3.19. The summed E-state index contributed by atoms with van der Waals surface area (Å²) >= 11 is 0. The summed E-state index contributed by atoms with van der Waals surface area (Å²) in [7, 11) is 0. The largest absolute Gasteiger partial charge is 0.468 e. The zero-order valence-corrected chi connectivity index (χ0v) is 12.1. The highest BCUT2D eigenvalue weighted by Crippen LogP contribution is 2.32. The Morgan fingerprint density at radius 2 is 2.32 bits per heavy atom. The van der Waals surface area contributed by atoms with Crippen molar-refractivity contribution in [1.82, 2.24) is 10.8 Å². The van der Waals surface area contributed by atoms with Crippen molar-refractivity contribution in [3.05, 3.63) is 65.1 Å². The number of furan rings is 1. The van der Waals surface area contributed by atoms with Crippen molar-refractivity contribution in [1.29, 1.82) is 0 Å². The van der Waals surface area contributed by atoms with Crippen molar-refractivity contribution in [2.75, 3.05) is 0 Å². The van der Waals surface area contributed by atoms with Crippen molar-refractivity contribution in [2.24, 2.45) is 0 Å². The maximum Gasteiger partial charge on any atom is 0.267 e. The number of benzene rings is 1. The van der Waals surface area contributed by atoms with E-state index in [9.17, 15) is 4.79 Å². The van der Waals surface area contributed by atoms with Gasteiger partial charge < -0.3 is 9.73 Å². The van der Waals surface area contributed by atoms with Crippen molar-refractivity contribution in [2.45, 2.75) is 25.4 Å². The number of aryl methyl sites for hydroxylation is 1. The first kappa shape index (κ1) is 14.6. The molecule has 0 fully saturated rings. The summed E-state index contributed by atoms with van der Waals surface area (Å²) in [5.74, 6) is 0.404. The van der Waals surface area contributed by atoms with Crippen LogP contribution in [0, 0.1) is 0 Å². The van der Waals surface area contributed by atoms with Gasteiger partial charge in [0.25, 0.3) is 5.91 Å². The van der Waals surface area contributed by atoms with E-state index < -0.39 is 5.91 Å². The predicted octanol–water partition coefficient (Wildman–Crippen LogP) is 2.58. The maximum atomic E-state index is 11.0. The van der Waals surface area contributed by atoms with Gasteiger partial charge in [0.1, 0.15) is 5.76 Å². The number of amides is 1. The molecule has 3 N–H and O–H groups in total. The summed E-state index contributed by atoms with van der Waals surface area (Å²) in [6, 6.07) is 10.3. The normalized spacial score (nSPS) is 16.9. The molecule has 2 aromatic rings. The Morgan fingerprint density at radius 3 is 3.09 bits per heavy atom. The van der Waals surface area contributed by atoms with Crippen molar-refractivity contribution < 1.29 is 14.4 Å². The van der Waals surface area contributed by atoms with E-state index in [1.54, 1.807) is 17.8 Å². The molecule has 1 aliphatic carbocycles. The molecule has 1 heterocycles. The molecule has 1 atom stereocenters. The number of carbonyl (C=O) groups excluding carboxylic acids is 1. The number of fused-ring (bicyclic) bond motifs is 1. The van der Waals surface area contributed by atoms with Crippen LogP contribution in [0.5, 0.6) is 0 Å². The molecule has 0 aliphatic heterocycles. The summed E-state index contributed by atoms with van der Waals surface area (Å²) < 4.78 is 5.34. The fourth-order valence-electron chi connectivity index (χ4n) is 2.80. The molecule has 5 nitrogen and oxygen atoms in total. The Hall–Kier alpha value is -2.37. The fraction of sp³-hybridized carbons (Fsp3) is 0.235. The molecule has 114 valence electrons. The molecule has 0 saturated heterocycles. The zero-order chi connectivity index (χ0) is 15.4. The Bertz CT molecular complexity index is 677. The van der Waals surface area contributed by atoms with Gasteiger partial charge in [-0.25, -0.2) is 5.48 Å². The molecule has 22 heavy (non-hydrogen) atoms. The van der Waals surface area contributed by atoms with Gasteiger partial charge in [-0.1, -0.05) is 18.2 Å². The van der Waals surface area contributed by atoms with Gasteiger partial charge >= 0.3 is 0 Å². The standard InChI is InChI=1S/C17H18N2O3/c20-17(19-21)8-4-12-3-6-15-13(10-12)5-7-16(15)18-11-14-2-1-9-22-14/h1-4,6,8-10,16,18,21H,5,7,11H2,(H,19,20)/b8-4+. The maximum absolute atomic E-state index is 11.0. The first-order chi connectivity index (χ1) is 10.8. The van der Waals surface area contributed by atoms with Crippen LogP contribution >= 0.6 is 0 Å². The molecule has 0 radical (unpaired) electrons. The lowest BCUT2D eigenvalue weighted by Gasteiger charge is -2.13. The van der Waals surface area contributed by atoms with Crippen LogP contribution in [-0.2, 0) is 17.8 Å². The molecule has 1 aliphatic rings. The van der Waals surface area contributed by atoms with Crippen LogP contribution in [0.3, 0.4) is 0 Å². The Morgan fingerprint density at radius 1 is 1.41 bits per heavy atom. The highest BCUT2D eigenvalue weighted by atomic mass is 16.5. The molecule has 1 unspecified atom stereocenters. The highest BCUT2D eigenvalue weighted by molar-refractivity contribution is 5.90. The molecule has 0 saturated carbocycles. The second-order valence-corrected chi connectivity index (χ2v) is 5.32. The van der Waals surface area contributed by atoms with E-state index in [0.717, 1.165) is 30.7 Å². The summed E-state index contributed by atoms with van der Waals surface area (Å²) in [6.07, 6.45) is 6.75. The summed E-state index contributed by atoms with van der Waals surface area (Å²) in [4.78, 5) is 11.0. The van der Waals surface area contributed by atoms with Gasteiger partial charge in [0.2, 0.25) is 0 Å². The third-order valence-corrected chi connectivity index (χ3v) is 3.88. The molecule has 3 rings (SSSR count). The lowest BCUT2D eigenvalue weighted by molar-refractivity contribution is -0.124. The van der Waals surface area contributed by atoms with Crippen molar-refractivity contribution >= 4 is 12.0 Å². The highest BCUT2D eigenvalue weighted by Gasteiger charge is 2.22. The third kappa shape index (κ3) is 3.27. The number of rotatable bonds is 5. The van der Waals surface area contributed by atoms with Crippen LogP contribution in [0.2, 0.25) is 0 Å². The summed E-state index contributed by atoms with van der Waals surface area (Å²) in [5.41, 5.74) is 5.13. The van der Waals surface area contributed by atoms with Gasteiger partial charge in [-0.05, 0) is 47.7 Å². The van der Waals surface area contributed by atoms with Gasteiger partial charge in [0, 0.05) is 12.1 Å². The molecule has 0 spiro atoms. The first-order valence-corrected chi connectivity index (χ1v) is 7.27. The van der Waals surface area contributed by atoms with E-state index in [1.165, 1.54) is 17.2 Å². The van der Waals surface area contributed by atoms with Gasteiger partial charge in [-0.2, -0.15) is 0 Å². The van der Waals surface area contributed by atoms with Crippen molar-refractivity contribution in [3.63, 3.8) is 0 Å². The van der Waals surface area contributed by atoms with Crippen LogP contribution in [0.4, 0.5) is 0 Å². The molecule has 1 aromatic carbocycles. The molecule has 0 bridgehead atoms. The minimum absolute atomic E-state index is 0.332. The summed E-state index contributed by atoms with van der Waals surface area (Å²) in [6.45, 7) is 0.718. The first-order valence-electron chi connectivity index (χ1n) is 7.27. The fourth-order valence-corrected chi connectivity index (χ4v) is 2.80. The smallest absolute Gasteiger partial charge is 0.267 e. The Labute approximate surface area is 128 Å². The van der Waals surface area contributed by atoms with Gasteiger partial charge in [-0.15, -0.1) is 0 Å². The monoisotopic (exact) mass is 298 g/mol. The zero-order valence-electron chi connectivity index (χ0n) is 12.1. The van der Waals surface area contributed by atoms with E-state index in [2.05, 4.69) is 17.4 Å². The number of hydrogen-bond acceptors (Lipinski definition) is 4. The van der Waals surface area contributed by atoms with Crippen LogP contribution in [0.25, 0.3) is 6.08 Å². The van der Waals surface area contributed by atoms with Gasteiger partial charge in [-0.3, -0.25) is 10.0 Å². The third-order valence-electron chi connectivity index (χ3n) is 3.88. The molecular weight excluding hydrogens is 280 g/mol. The number of nitrogens with one attached hydrogen (secondary N) is 2. The average molecular weight is 298 g/mol. The van der Waals surface area contributed by atoms with E-state index >= 15 is 0 Å². The predicted molar refractivity (Wildman–Crippen MR) is 82.0 cm³/mol. The van der Waals surface area contributed by atoms with E-state index in [-0.39, 0.29) is 0 Å². The lowest BCUT2D eigenvalue weighted by Crippen LogP contribution is -2.18. The SMILES string of the molecule is O=C(/C=C/c1ccc2c(c1)CCC2NCc1ccco1)NO. The summed E-state index contributed by atoms with van der Waals surface area (Å²) in [5, 5.41) is 12.0. The van der Waals surface area contributed by atoms with Crippen LogP contribution < -0.4 is 10.8 Å². The quantitative estimate of drug-likeness (QED) is 0.450. The van der Waals surface area contributed by atoms with Gasteiger partial charge in [0.15, 0.2) is 0 Å². The molecule has 5 heteroatoms. The minimum atomic E-state index is -0.529. The van der Waals surface area contributed by atoms with E-state index in [4.69, 9.17) is 9.62 Å². The molecule has 1 aromatic heterocycles. The number of carbonyl (C=O) groups is 1. The molecule has 1 amide bonds. The van der Waals surface area contributed by atoms with Crippen LogP contribution in [-0.4, -0.2) is 11.1 Å². The topological polar surface area (TPSA) is 74.5 Å². The Balaban J connectivity index is 1.67. The van der Waals surface area contributed by atoms with E-state index in [1.807, 2.05) is 18.2 Å². The van der Waals surface area contributed by atoms with Crippen molar-refractivity contribution in [3.8, 4) is 0 Å². The number of hydroxylamine groups is 1. The second-order valence-electron chi connectivity index (χ2n) is 5.32. The van der Waals surface area contributed by atoms with Gasteiger partial charge in [0.05, 0.1) is 12.8 Å².